The molecule has 0 unspecified atom stereocenters. The van der Waals surface area contributed by atoms with E-state index >= 15 is 0 Å². The van der Waals surface area contributed by atoms with Crippen molar-refractivity contribution in [2.24, 2.45) is 0 Å². The Balaban J connectivity index is 2.12. The van der Waals surface area contributed by atoms with Gasteiger partial charge in [0.15, 0.2) is 11.5 Å². The van der Waals surface area contributed by atoms with Gasteiger partial charge in [-0.3, -0.25) is 9.59 Å². The van der Waals surface area contributed by atoms with E-state index in [9.17, 15) is 18.4 Å². The monoisotopic (exact) mass is 410 g/mol. The number of carbonyl (C=O) groups is 2. The third kappa shape index (κ3) is 6.44. The minimum absolute atomic E-state index is 0.0687. The molecule has 0 aromatic heterocycles. The number of alkyl halides is 2. The SMILES string of the molecule is CCNC(=O)C1(NC(=O)/C=C/c2ccc(OC(F)F)c(OCC)c2)CCCCC1. The fourth-order valence-corrected chi connectivity index (χ4v) is 3.43. The Morgan fingerprint density at radius 3 is 2.52 bits per heavy atom. The van der Waals surface area contributed by atoms with Crippen molar-refractivity contribution in [3.63, 3.8) is 0 Å². The minimum Gasteiger partial charge on any atom is -0.490 e. The fourth-order valence-electron chi connectivity index (χ4n) is 3.43. The number of hydrogen-bond acceptors (Lipinski definition) is 4. The lowest BCUT2D eigenvalue weighted by atomic mass is 9.80. The smallest absolute Gasteiger partial charge is 0.387 e. The molecule has 0 bridgehead atoms. The number of ether oxygens (including phenoxy) is 2. The van der Waals surface area contributed by atoms with Crippen LogP contribution < -0.4 is 20.1 Å². The Labute approximate surface area is 169 Å². The first-order valence-electron chi connectivity index (χ1n) is 9.90. The summed E-state index contributed by atoms with van der Waals surface area (Å²) < 4.78 is 34.8. The van der Waals surface area contributed by atoms with Crippen LogP contribution in [0.15, 0.2) is 24.3 Å². The lowest BCUT2D eigenvalue weighted by molar-refractivity contribution is -0.133. The van der Waals surface area contributed by atoms with Gasteiger partial charge in [0.25, 0.3) is 0 Å². The van der Waals surface area contributed by atoms with Crippen LogP contribution in [0.4, 0.5) is 8.78 Å². The van der Waals surface area contributed by atoms with Gasteiger partial charge in [-0.25, -0.2) is 0 Å². The topological polar surface area (TPSA) is 76.7 Å². The summed E-state index contributed by atoms with van der Waals surface area (Å²) in [5.41, 5.74) is -0.304. The van der Waals surface area contributed by atoms with Crippen LogP contribution in [0.1, 0.15) is 51.5 Å². The first-order chi connectivity index (χ1) is 13.9. The van der Waals surface area contributed by atoms with Gasteiger partial charge in [-0.05, 0) is 50.5 Å². The number of hydrogen-bond donors (Lipinski definition) is 2. The van der Waals surface area contributed by atoms with Crippen LogP contribution in [0.2, 0.25) is 0 Å². The molecule has 29 heavy (non-hydrogen) atoms. The number of likely N-dealkylation sites (N-methyl/N-ethyl adjacent to an activating group) is 1. The second-order valence-electron chi connectivity index (χ2n) is 6.84. The zero-order valence-electron chi connectivity index (χ0n) is 16.8. The van der Waals surface area contributed by atoms with Crippen LogP contribution in [0.3, 0.4) is 0 Å². The molecule has 0 radical (unpaired) electrons. The van der Waals surface area contributed by atoms with Crippen molar-refractivity contribution in [2.45, 2.75) is 58.1 Å². The molecule has 1 aliphatic carbocycles. The third-order valence-corrected chi connectivity index (χ3v) is 4.75. The first kappa shape index (κ1) is 22.6. The molecule has 0 aliphatic heterocycles. The average Bonchev–Trinajstić information content (AvgIpc) is 2.69. The summed E-state index contributed by atoms with van der Waals surface area (Å²) in [6.45, 7) is 1.39. The molecule has 1 saturated carbocycles. The molecule has 0 heterocycles. The van der Waals surface area contributed by atoms with Crippen molar-refractivity contribution in [3.8, 4) is 11.5 Å². The highest BCUT2D eigenvalue weighted by Crippen LogP contribution is 2.31. The summed E-state index contributed by atoms with van der Waals surface area (Å²) in [7, 11) is 0. The van der Waals surface area contributed by atoms with Gasteiger partial charge < -0.3 is 20.1 Å². The molecular formula is C21H28F2N2O4. The maximum atomic E-state index is 12.5. The van der Waals surface area contributed by atoms with Gasteiger partial charge >= 0.3 is 6.61 Å². The second-order valence-corrected chi connectivity index (χ2v) is 6.84. The minimum atomic E-state index is -2.96. The van der Waals surface area contributed by atoms with Gasteiger partial charge in [0, 0.05) is 12.6 Å². The van der Waals surface area contributed by atoms with Crippen molar-refractivity contribution < 1.29 is 27.8 Å². The van der Waals surface area contributed by atoms with Crippen molar-refractivity contribution in [1.82, 2.24) is 10.6 Å². The summed E-state index contributed by atoms with van der Waals surface area (Å²) in [6.07, 6.45) is 6.88. The summed E-state index contributed by atoms with van der Waals surface area (Å²) in [6, 6.07) is 4.43. The maximum Gasteiger partial charge on any atom is 0.387 e. The average molecular weight is 410 g/mol. The highest BCUT2D eigenvalue weighted by molar-refractivity contribution is 5.97. The van der Waals surface area contributed by atoms with Crippen molar-refractivity contribution in [3.05, 3.63) is 29.8 Å². The number of nitrogens with one attached hydrogen (secondary N) is 2. The molecule has 1 fully saturated rings. The molecule has 8 heteroatoms. The third-order valence-electron chi connectivity index (χ3n) is 4.75. The largest absolute Gasteiger partial charge is 0.490 e. The van der Waals surface area contributed by atoms with E-state index in [1.54, 1.807) is 13.0 Å². The predicted octanol–water partition coefficient (Wildman–Crippen LogP) is 3.66. The van der Waals surface area contributed by atoms with Gasteiger partial charge in [-0.15, -0.1) is 0 Å². The highest BCUT2D eigenvalue weighted by Gasteiger charge is 2.40. The summed E-state index contributed by atoms with van der Waals surface area (Å²) in [4.78, 5) is 25.0. The van der Waals surface area contributed by atoms with Crippen molar-refractivity contribution in [2.75, 3.05) is 13.2 Å². The van der Waals surface area contributed by atoms with Gasteiger partial charge in [-0.1, -0.05) is 25.3 Å². The highest BCUT2D eigenvalue weighted by atomic mass is 19.3. The number of carbonyl (C=O) groups excluding carboxylic acids is 2. The molecular weight excluding hydrogens is 382 g/mol. The molecule has 0 saturated heterocycles. The van der Waals surface area contributed by atoms with E-state index in [1.807, 2.05) is 6.92 Å². The van der Waals surface area contributed by atoms with Crippen LogP contribution in [0.25, 0.3) is 6.08 Å². The summed E-state index contributed by atoms with van der Waals surface area (Å²) in [5, 5.41) is 5.68. The van der Waals surface area contributed by atoms with Crippen LogP contribution >= 0.6 is 0 Å². The lowest BCUT2D eigenvalue weighted by Crippen LogP contribution is -2.59. The fraction of sp³-hybridized carbons (Fsp3) is 0.524. The van der Waals surface area contributed by atoms with E-state index in [-0.39, 0.29) is 29.9 Å². The van der Waals surface area contributed by atoms with Crippen LogP contribution in [-0.2, 0) is 9.59 Å². The van der Waals surface area contributed by atoms with Crippen molar-refractivity contribution in [1.29, 1.82) is 0 Å². The van der Waals surface area contributed by atoms with Gasteiger partial charge in [0.05, 0.1) is 6.61 Å². The second kappa shape index (κ2) is 10.8. The van der Waals surface area contributed by atoms with Gasteiger partial charge in [0.1, 0.15) is 5.54 Å². The Morgan fingerprint density at radius 1 is 1.17 bits per heavy atom. The molecule has 6 nitrogen and oxygen atoms in total. The Morgan fingerprint density at radius 2 is 1.90 bits per heavy atom. The van der Waals surface area contributed by atoms with E-state index in [0.717, 1.165) is 19.3 Å². The molecule has 1 aliphatic rings. The Bertz CT molecular complexity index is 731. The molecule has 1 aromatic rings. The van der Waals surface area contributed by atoms with E-state index in [0.29, 0.717) is 24.9 Å². The van der Waals surface area contributed by atoms with Crippen LogP contribution in [0, 0.1) is 0 Å². The maximum absolute atomic E-state index is 12.5. The number of halogens is 2. The lowest BCUT2D eigenvalue weighted by Gasteiger charge is -2.36. The number of rotatable bonds is 9. The van der Waals surface area contributed by atoms with E-state index in [4.69, 9.17) is 4.74 Å². The number of amides is 2. The predicted molar refractivity (Wildman–Crippen MR) is 106 cm³/mol. The Hall–Kier alpha value is -2.64. The molecule has 1 aromatic carbocycles. The standard InChI is InChI=1S/C21H28F2N2O4/c1-3-24-19(27)21(12-6-5-7-13-21)25-18(26)11-9-15-8-10-16(29-20(22)23)17(14-15)28-4-2/h8-11,14,20H,3-7,12-13H2,1-2H3,(H,24,27)(H,25,26)/b11-9+. The van der Waals surface area contributed by atoms with Gasteiger partial charge in [0.2, 0.25) is 11.8 Å². The molecule has 0 spiro atoms. The molecule has 0 atom stereocenters. The zero-order chi connectivity index (χ0) is 21.3. The molecule has 2 N–H and O–H groups in total. The first-order valence-corrected chi connectivity index (χ1v) is 9.90. The zero-order valence-corrected chi connectivity index (χ0v) is 16.8. The molecule has 2 rings (SSSR count). The normalized spacial score (nSPS) is 15.9. The summed E-state index contributed by atoms with van der Waals surface area (Å²) >= 11 is 0. The van der Waals surface area contributed by atoms with E-state index in [1.165, 1.54) is 24.3 Å². The number of benzene rings is 1. The van der Waals surface area contributed by atoms with Crippen LogP contribution in [-0.4, -0.2) is 37.1 Å². The van der Waals surface area contributed by atoms with Crippen LogP contribution in [0.5, 0.6) is 11.5 Å². The van der Waals surface area contributed by atoms with E-state index in [2.05, 4.69) is 15.4 Å². The van der Waals surface area contributed by atoms with Crippen molar-refractivity contribution >= 4 is 17.9 Å². The molecule has 160 valence electrons. The molecule has 2 amide bonds. The van der Waals surface area contributed by atoms with E-state index < -0.39 is 12.2 Å². The quantitative estimate of drug-likeness (QED) is 0.609. The summed E-state index contributed by atoms with van der Waals surface area (Å²) in [5.74, 6) is -0.445. The van der Waals surface area contributed by atoms with Gasteiger partial charge in [-0.2, -0.15) is 8.78 Å². The Kier molecular flexibility index (Phi) is 8.42.